The van der Waals surface area contributed by atoms with Crippen LogP contribution in [0.2, 0.25) is 0 Å². The molecule has 2 aliphatic heterocycles. The van der Waals surface area contributed by atoms with Gasteiger partial charge in [-0.25, -0.2) is 8.78 Å². The largest absolute Gasteiger partial charge is 0.378 e. The lowest BCUT2D eigenvalue weighted by Crippen LogP contribution is -2.45. The van der Waals surface area contributed by atoms with Gasteiger partial charge < -0.3 is 10.5 Å². The standard InChI is InChI=1S/C26H25F2N5OS/c1-25(23-11-26(23,35-24(30)32-25)14-33-6-7-34-22-10-21(22)33)17-8-15(2-4-18(17)27)9-19(28)20-5-3-16(12-29)13-31-20/h2-5,8-9,13,21-23H,6-7,10-11,14H2,1H3,(H2,30,32)/b19-9-/t21?,22?,23-,25+,26+/m0/s1. The van der Waals surface area contributed by atoms with Crippen molar-refractivity contribution >= 4 is 28.8 Å². The summed E-state index contributed by atoms with van der Waals surface area (Å²) in [5.74, 6) is -0.808. The van der Waals surface area contributed by atoms with Crippen LogP contribution < -0.4 is 5.73 Å². The lowest BCUT2D eigenvalue weighted by molar-refractivity contribution is 0.0298. The average molecular weight is 494 g/mol. The van der Waals surface area contributed by atoms with Gasteiger partial charge in [0.15, 0.2) is 5.17 Å². The maximum atomic E-state index is 15.2. The second-order valence-corrected chi connectivity index (χ2v) is 11.4. The van der Waals surface area contributed by atoms with Crippen molar-refractivity contribution < 1.29 is 13.5 Å². The number of amidine groups is 1. The lowest BCUT2D eigenvalue weighted by Gasteiger charge is -2.37. The van der Waals surface area contributed by atoms with Gasteiger partial charge in [0.1, 0.15) is 17.7 Å². The summed E-state index contributed by atoms with van der Waals surface area (Å²) in [4.78, 5) is 11.2. The van der Waals surface area contributed by atoms with Gasteiger partial charge in [-0.05, 0) is 55.7 Å². The lowest BCUT2D eigenvalue weighted by atomic mass is 9.84. The van der Waals surface area contributed by atoms with Crippen LogP contribution in [0.4, 0.5) is 8.78 Å². The van der Waals surface area contributed by atoms with Crippen LogP contribution in [0.25, 0.3) is 11.9 Å². The number of nitrogens with zero attached hydrogens (tertiary/aromatic N) is 4. The van der Waals surface area contributed by atoms with Gasteiger partial charge in [0.25, 0.3) is 0 Å². The predicted octanol–water partition coefficient (Wildman–Crippen LogP) is 4.07. The number of halogens is 2. The third-order valence-electron chi connectivity index (χ3n) is 7.67. The van der Waals surface area contributed by atoms with Gasteiger partial charge in [-0.15, -0.1) is 0 Å². The number of aliphatic imine (C=N–C) groups is 1. The molecule has 3 heterocycles. The number of benzene rings is 1. The first-order chi connectivity index (χ1) is 16.8. The highest BCUT2D eigenvalue weighted by molar-refractivity contribution is 8.15. The summed E-state index contributed by atoms with van der Waals surface area (Å²) in [6, 6.07) is 9.97. The Bertz CT molecular complexity index is 1290. The fourth-order valence-corrected chi connectivity index (χ4v) is 7.20. The Morgan fingerprint density at radius 1 is 1.40 bits per heavy atom. The highest BCUT2D eigenvalue weighted by Crippen LogP contribution is 2.66. The van der Waals surface area contributed by atoms with Gasteiger partial charge in [-0.1, -0.05) is 17.8 Å². The van der Waals surface area contributed by atoms with E-state index in [1.54, 1.807) is 17.8 Å². The van der Waals surface area contributed by atoms with E-state index in [-0.39, 0.29) is 22.2 Å². The van der Waals surface area contributed by atoms with Crippen molar-refractivity contribution in [1.82, 2.24) is 9.88 Å². The number of fused-ring (bicyclic) bond motifs is 2. The van der Waals surface area contributed by atoms with Crippen molar-refractivity contribution in [3.05, 3.63) is 64.7 Å². The molecule has 6 rings (SSSR count). The highest BCUT2D eigenvalue weighted by Gasteiger charge is 2.67. The molecule has 4 aliphatic rings. The number of aromatic nitrogens is 1. The number of thioether (sulfide) groups is 1. The zero-order valence-corrected chi connectivity index (χ0v) is 20.1. The van der Waals surface area contributed by atoms with Crippen LogP contribution in [0.15, 0.2) is 41.5 Å². The molecule has 6 nitrogen and oxygen atoms in total. The van der Waals surface area contributed by atoms with Crippen LogP contribution >= 0.6 is 11.8 Å². The molecule has 9 heteroatoms. The molecular formula is C26H25F2N5OS. The highest BCUT2D eigenvalue weighted by atomic mass is 32.2. The maximum absolute atomic E-state index is 15.2. The molecule has 0 bridgehead atoms. The van der Waals surface area contributed by atoms with Crippen LogP contribution in [-0.4, -0.2) is 51.6 Å². The molecule has 1 aromatic carbocycles. The number of morpholine rings is 1. The number of rotatable bonds is 5. The van der Waals surface area contributed by atoms with E-state index in [0.717, 1.165) is 32.5 Å². The van der Waals surface area contributed by atoms with Gasteiger partial charge in [0.2, 0.25) is 0 Å². The predicted molar refractivity (Wildman–Crippen MR) is 131 cm³/mol. The van der Waals surface area contributed by atoms with Crippen LogP contribution in [0, 0.1) is 23.1 Å². The first-order valence-corrected chi connectivity index (χ1v) is 12.6. The summed E-state index contributed by atoms with van der Waals surface area (Å²) in [6.45, 7) is 4.48. The number of hydrogen-bond acceptors (Lipinski definition) is 7. The van der Waals surface area contributed by atoms with E-state index in [2.05, 4.69) is 9.88 Å². The Morgan fingerprint density at radius 3 is 3.03 bits per heavy atom. The quantitative estimate of drug-likeness (QED) is 0.676. The molecule has 2 N–H and O–H groups in total. The number of hydrogen-bond donors (Lipinski definition) is 1. The smallest absolute Gasteiger partial charge is 0.155 e. The zero-order valence-electron chi connectivity index (χ0n) is 19.2. The monoisotopic (exact) mass is 493 g/mol. The summed E-state index contributed by atoms with van der Waals surface area (Å²) in [6.07, 6.45) is 4.98. The first-order valence-electron chi connectivity index (χ1n) is 11.7. The van der Waals surface area contributed by atoms with Gasteiger partial charge >= 0.3 is 0 Å². The minimum absolute atomic E-state index is 0.0962. The number of ether oxygens (including phenoxy) is 1. The number of nitrogens with two attached hydrogens (primary N) is 1. The van der Waals surface area contributed by atoms with E-state index < -0.39 is 11.4 Å². The molecule has 0 amide bonds. The van der Waals surface area contributed by atoms with Crippen molar-refractivity contribution in [3.63, 3.8) is 0 Å². The van der Waals surface area contributed by atoms with E-state index in [4.69, 9.17) is 20.7 Å². The Morgan fingerprint density at radius 2 is 2.26 bits per heavy atom. The normalized spacial score (nSPS) is 33.8. The molecule has 2 unspecified atom stereocenters. The third-order valence-corrected chi connectivity index (χ3v) is 8.96. The molecule has 3 fully saturated rings. The third kappa shape index (κ3) is 3.94. The Hall–Kier alpha value is -2.80. The molecule has 2 saturated carbocycles. The molecule has 1 aromatic heterocycles. The second kappa shape index (κ2) is 8.12. The fraction of sp³-hybridized carbons (Fsp3) is 0.423. The summed E-state index contributed by atoms with van der Waals surface area (Å²) in [5.41, 5.74) is 6.88. The van der Waals surface area contributed by atoms with Gasteiger partial charge in [-0.2, -0.15) is 5.26 Å². The van der Waals surface area contributed by atoms with Crippen molar-refractivity contribution in [2.75, 3.05) is 19.7 Å². The van der Waals surface area contributed by atoms with Crippen LogP contribution in [0.1, 0.15) is 42.1 Å². The molecule has 0 spiro atoms. The Balaban J connectivity index is 1.29. The van der Waals surface area contributed by atoms with E-state index in [9.17, 15) is 4.39 Å². The Kier molecular flexibility index (Phi) is 5.25. The van der Waals surface area contributed by atoms with Gasteiger partial charge in [0, 0.05) is 41.6 Å². The van der Waals surface area contributed by atoms with Crippen LogP contribution in [0.3, 0.4) is 0 Å². The average Bonchev–Trinajstić information content (AvgIpc) is 3.75. The second-order valence-electron chi connectivity index (χ2n) is 9.98. The molecule has 180 valence electrons. The fourth-order valence-electron chi connectivity index (χ4n) is 5.70. The molecule has 35 heavy (non-hydrogen) atoms. The van der Waals surface area contributed by atoms with Gasteiger partial charge in [0.05, 0.1) is 29.5 Å². The molecule has 2 aromatic rings. The number of nitriles is 1. The minimum atomic E-state index is -0.832. The Labute approximate surface area is 206 Å². The SMILES string of the molecule is C[C@]1(c2cc(/C=C(\F)c3ccc(C#N)cn3)ccc2F)N=C(N)S[C@@]2(CN3CCOC4CC43)C[C@H]21. The summed E-state index contributed by atoms with van der Waals surface area (Å²) >= 11 is 1.61. The van der Waals surface area contributed by atoms with E-state index >= 15 is 4.39 Å². The minimum Gasteiger partial charge on any atom is -0.378 e. The summed E-state index contributed by atoms with van der Waals surface area (Å²) in [7, 11) is 0. The van der Waals surface area contributed by atoms with Crippen molar-refractivity contribution in [2.24, 2.45) is 16.6 Å². The zero-order chi connectivity index (χ0) is 24.4. The molecule has 5 atom stereocenters. The van der Waals surface area contributed by atoms with Crippen molar-refractivity contribution in [2.45, 2.75) is 42.2 Å². The van der Waals surface area contributed by atoms with Gasteiger partial charge in [-0.3, -0.25) is 14.9 Å². The number of pyridine rings is 1. The van der Waals surface area contributed by atoms with Crippen molar-refractivity contribution in [3.8, 4) is 6.07 Å². The van der Waals surface area contributed by atoms with E-state index in [1.807, 2.05) is 13.0 Å². The first kappa shape index (κ1) is 22.7. The molecule has 2 aliphatic carbocycles. The summed E-state index contributed by atoms with van der Waals surface area (Å²) < 4.78 is 35.8. The molecule has 1 saturated heterocycles. The molecule has 0 radical (unpaired) electrons. The topological polar surface area (TPSA) is 87.5 Å². The van der Waals surface area contributed by atoms with E-state index in [0.29, 0.717) is 34.0 Å². The van der Waals surface area contributed by atoms with Crippen LogP contribution in [0.5, 0.6) is 0 Å². The summed E-state index contributed by atoms with van der Waals surface area (Å²) in [5, 5.41) is 9.38. The maximum Gasteiger partial charge on any atom is 0.155 e. The van der Waals surface area contributed by atoms with E-state index in [1.165, 1.54) is 36.5 Å². The van der Waals surface area contributed by atoms with Crippen LogP contribution in [-0.2, 0) is 10.3 Å². The van der Waals surface area contributed by atoms with Crippen molar-refractivity contribution in [1.29, 1.82) is 5.26 Å². The molecular weight excluding hydrogens is 468 g/mol.